The molecule has 1 aliphatic heterocycles. The minimum atomic E-state index is -0.606. The molecule has 6 heteroatoms. The average Bonchev–Trinajstić information content (AvgIpc) is 2.98. The molecule has 27 heavy (non-hydrogen) atoms. The molecule has 0 N–H and O–H groups in total. The van der Waals surface area contributed by atoms with E-state index >= 15 is 0 Å². The predicted octanol–water partition coefficient (Wildman–Crippen LogP) is 4.10. The first-order valence-electron chi connectivity index (χ1n) is 8.48. The van der Waals surface area contributed by atoms with Crippen LogP contribution in [0.4, 0.5) is 4.39 Å². The number of cyclic esters (lactones) is 1. The number of aliphatic imine (C=N–C) groups is 1. The molecule has 0 spiro atoms. The smallest absolute Gasteiger partial charge is 0.363 e. The second-order valence-corrected chi connectivity index (χ2v) is 6.16. The summed E-state index contributed by atoms with van der Waals surface area (Å²) in [5.74, 6) is -0.774. The van der Waals surface area contributed by atoms with Gasteiger partial charge in [-0.3, -0.25) is 4.79 Å². The van der Waals surface area contributed by atoms with Crippen molar-refractivity contribution >= 4 is 23.9 Å². The molecule has 0 fully saturated rings. The van der Waals surface area contributed by atoms with Gasteiger partial charge >= 0.3 is 11.9 Å². The molecule has 0 radical (unpaired) electrons. The zero-order chi connectivity index (χ0) is 19.6. The number of nitrogens with zero attached hydrogens (tertiary/aromatic N) is 1. The van der Waals surface area contributed by atoms with Crippen LogP contribution < -0.4 is 4.74 Å². The number of esters is 2. The molecule has 2 aromatic carbocycles. The third kappa shape index (κ3) is 4.11. The molecule has 0 saturated carbocycles. The van der Waals surface area contributed by atoms with Gasteiger partial charge in [0.15, 0.2) is 5.70 Å². The summed E-state index contributed by atoms with van der Waals surface area (Å²) < 4.78 is 23.8. The largest absolute Gasteiger partial charge is 0.426 e. The van der Waals surface area contributed by atoms with Crippen LogP contribution in [-0.2, 0) is 14.3 Å². The van der Waals surface area contributed by atoms with Crippen LogP contribution in [0.25, 0.3) is 6.08 Å². The van der Waals surface area contributed by atoms with E-state index in [1.807, 2.05) is 13.8 Å². The van der Waals surface area contributed by atoms with Gasteiger partial charge in [-0.05, 0) is 66.9 Å². The molecule has 1 aliphatic rings. The third-order valence-electron chi connectivity index (χ3n) is 3.98. The first-order chi connectivity index (χ1) is 12.9. The number of hydrogen-bond acceptors (Lipinski definition) is 5. The Hall–Kier alpha value is -3.28. The second-order valence-electron chi connectivity index (χ2n) is 6.16. The van der Waals surface area contributed by atoms with E-state index < -0.39 is 11.8 Å². The SMILES string of the molecule is CCC(=O)Oc1c(C)cc(/C=C2\N=C(c3cccc(F)c3)OC2=O)cc1C. The molecule has 138 valence electrons. The fourth-order valence-electron chi connectivity index (χ4n) is 2.73. The number of ether oxygens (including phenoxy) is 2. The van der Waals surface area contributed by atoms with Crippen LogP contribution in [0.1, 0.15) is 35.6 Å². The van der Waals surface area contributed by atoms with Gasteiger partial charge in [0.05, 0.1) is 0 Å². The lowest BCUT2D eigenvalue weighted by molar-refractivity contribution is -0.134. The second kappa shape index (κ2) is 7.53. The maximum absolute atomic E-state index is 13.4. The van der Waals surface area contributed by atoms with Gasteiger partial charge in [-0.15, -0.1) is 0 Å². The van der Waals surface area contributed by atoms with Gasteiger partial charge in [0, 0.05) is 12.0 Å². The van der Waals surface area contributed by atoms with Gasteiger partial charge in [-0.1, -0.05) is 13.0 Å². The van der Waals surface area contributed by atoms with Gasteiger partial charge in [-0.25, -0.2) is 14.2 Å². The van der Waals surface area contributed by atoms with E-state index in [0.717, 1.165) is 16.7 Å². The number of carbonyl (C=O) groups excluding carboxylic acids is 2. The van der Waals surface area contributed by atoms with Crippen LogP contribution in [0.15, 0.2) is 47.1 Å². The van der Waals surface area contributed by atoms with Gasteiger partial charge in [0.2, 0.25) is 5.90 Å². The Morgan fingerprint density at radius 1 is 1.22 bits per heavy atom. The number of halogens is 1. The Morgan fingerprint density at radius 3 is 2.56 bits per heavy atom. The minimum absolute atomic E-state index is 0.0627. The summed E-state index contributed by atoms with van der Waals surface area (Å²) in [7, 11) is 0. The van der Waals surface area contributed by atoms with Crippen molar-refractivity contribution in [3.63, 3.8) is 0 Å². The molecule has 1 heterocycles. The summed E-state index contributed by atoms with van der Waals surface area (Å²) >= 11 is 0. The molecule has 3 rings (SSSR count). The normalized spacial score (nSPS) is 14.9. The van der Waals surface area contributed by atoms with Gasteiger partial charge in [-0.2, -0.15) is 0 Å². The average molecular weight is 367 g/mol. The molecular weight excluding hydrogens is 349 g/mol. The Balaban J connectivity index is 1.92. The standard InChI is InChI=1S/C21H18FNO4/c1-4-18(24)26-19-12(2)8-14(9-13(19)3)10-17-21(25)27-20(23-17)15-6-5-7-16(22)11-15/h5-11H,4H2,1-3H3/b17-10-. The van der Waals surface area contributed by atoms with Gasteiger partial charge < -0.3 is 9.47 Å². The van der Waals surface area contributed by atoms with E-state index in [4.69, 9.17) is 9.47 Å². The zero-order valence-electron chi connectivity index (χ0n) is 15.2. The van der Waals surface area contributed by atoms with E-state index in [9.17, 15) is 14.0 Å². The van der Waals surface area contributed by atoms with Crippen molar-refractivity contribution in [1.82, 2.24) is 0 Å². The number of carbonyl (C=O) groups is 2. The Labute approximate surface area is 156 Å². The highest BCUT2D eigenvalue weighted by molar-refractivity contribution is 6.12. The van der Waals surface area contributed by atoms with Crippen molar-refractivity contribution < 1.29 is 23.5 Å². The molecule has 0 aromatic heterocycles. The molecule has 0 amide bonds. The van der Waals surface area contributed by atoms with Crippen LogP contribution >= 0.6 is 0 Å². The Bertz CT molecular complexity index is 968. The lowest BCUT2D eigenvalue weighted by Gasteiger charge is -2.11. The molecule has 0 atom stereocenters. The highest BCUT2D eigenvalue weighted by Crippen LogP contribution is 2.27. The molecule has 5 nitrogen and oxygen atoms in total. The summed E-state index contributed by atoms with van der Waals surface area (Å²) in [6, 6.07) is 9.27. The Morgan fingerprint density at radius 2 is 1.93 bits per heavy atom. The predicted molar refractivity (Wildman–Crippen MR) is 98.8 cm³/mol. The molecule has 0 bridgehead atoms. The minimum Gasteiger partial charge on any atom is -0.426 e. The van der Waals surface area contributed by atoms with Gasteiger partial charge in [0.25, 0.3) is 0 Å². The monoisotopic (exact) mass is 367 g/mol. The lowest BCUT2D eigenvalue weighted by atomic mass is 10.0. The third-order valence-corrected chi connectivity index (χ3v) is 3.98. The maximum atomic E-state index is 13.4. The summed E-state index contributed by atoms with van der Waals surface area (Å²) in [5, 5.41) is 0. The molecular formula is C21H18FNO4. The highest BCUT2D eigenvalue weighted by atomic mass is 19.1. The molecule has 0 unspecified atom stereocenters. The zero-order valence-corrected chi connectivity index (χ0v) is 15.2. The molecule has 0 saturated heterocycles. The van der Waals surface area contributed by atoms with Crippen LogP contribution in [0.5, 0.6) is 5.75 Å². The van der Waals surface area contributed by atoms with E-state index in [0.29, 0.717) is 11.3 Å². The first kappa shape index (κ1) is 18.5. The maximum Gasteiger partial charge on any atom is 0.363 e. The Kier molecular flexibility index (Phi) is 5.16. The molecule has 0 aliphatic carbocycles. The van der Waals surface area contributed by atoms with E-state index in [1.165, 1.54) is 18.2 Å². The lowest BCUT2D eigenvalue weighted by Crippen LogP contribution is -2.08. The number of rotatable bonds is 4. The van der Waals surface area contributed by atoms with Gasteiger partial charge in [0.1, 0.15) is 11.6 Å². The summed E-state index contributed by atoms with van der Waals surface area (Å²) in [4.78, 5) is 27.8. The summed E-state index contributed by atoms with van der Waals surface area (Å²) in [6.45, 7) is 5.37. The van der Waals surface area contributed by atoms with Crippen molar-refractivity contribution in [2.45, 2.75) is 27.2 Å². The molecule has 2 aromatic rings. The van der Waals surface area contributed by atoms with Crippen LogP contribution in [0.2, 0.25) is 0 Å². The van der Waals surface area contributed by atoms with E-state index in [-0.39, 0.29) is 24.0 Å². The fraction of sp³-hybridized carbons (Fsp3) is 0.190. The summed E-state index contributed by atoms with van der Waals surface area (Å²) in [5.41, 5.74) is 2.76. The number of aryl methyl sites for hydroxylation is 2. The van der Waals surface area contributed by atoms with E-state index in [2.05, 4.69) is 4.99 Å². The number of benzene rings is 2. The van der Waals surface area contributed by atoms with Crippen LogP contribution in [-0.4, -0.2) is 17.8 Å². The van der Waals surface area contributed by atoms with Crippen LogP contribution in [0.3, 0.4) is 0 Å². The fourth-order valence-corrected chi connectivity index (χ4v) is 2.73. The van der Waals surface area contributed by atoms with Crippen molar-refractivity contribution in [3.8, 4) is 5.75 Å². The van der Waals surface area contributed by atoms with Crippen LogP contribution in [0, 0.1) is 19.7 Å². The topological polar surface area (TPSA) is 65.0 Å². The quantitative estimate of drug-likeness (QED) is 0.464. The number of hydrogen-bond donors (Lipinski definition) is 0. The summed E-state index contributed by atoms with van der Waals surface area (Å²) in [6.07, 6.45) is 1.87. The first-order valence-corrected chi connectivity index (χ1v) is 8.48. The van der Waals surface area contributed by atoms with E-state index in [1.54, 1.807) is 31.2 Å². The van der Waals surface area contributed by atoms with Crippen molar-refractivity contribution in [1.29, 1.82) is 0 Å². The van der Waals surface area contributed by atoms with Crippen molar-refractivity contribution in [2.75, 3.05) is 0 Å². The highest BCUT2D eigenvalue weighted by Gasteiger charge is 2.24. The van der Waals surface area contributed by atoms with Crippen molar-refractivity contribution in [2.24, 2.45) is 4.99 Å². The van der Waals surface area contributed by atoms with Crippen molar-refractivity contribution in [3.05, 3.63) is 70.2 Å².